The number of hydrogen-bond donors (Lipinski definition) is 1. The number of hydrogen-bond acceptors (Lipinski definition) is 3. The summed E-state index contributed by atoms with van der Waals surface area (Å²) in [4.78, 5) is 2.07. The third-order valence-electron chi connectivity index (χ3n) is 3.03. The van der Waals surface area contributed by atoms with Crippen molar-refractivity contribution >= 4 is 0 Å². The van der Waals surface area contributed by atoms with E-state index >= 15 is 0 Å². The third-order valence-corrected chi connectivity index (χ3v) is 3.03. The Balaban J connectivity index is 2.85. The van der Waals surface area contributed by atoms with Gasteiger partial charge in [0.1, 0.15) is 5.75 Å². The number of likely N-dealkylation sites (N-methyl/N-ethyl adjacent to an activating group) is 1. The Bertz CT molecular complexity index is 390. The predicted octanol–water partition coefficient (Wildman–Crippen LogP) is 2.93. The molecule has 0 saturated heterocycles. The minimum Gasteiger partial charge on any atom is -0.406 e. The van der Waals surface area contributed by atoms with Crippen LogP contribution in [-0.2, 0) is 0 Å². The SMILES string of the molecule is CC(C)N(C)C(CN)c1ccc(OC(F)(F)F)cc1. The van der Waals surface area contributed by atoms with E-state index in [4.69, 9.17) is 5.73 Å². The molecule has 1 aromatic rings. The lowest BCUT2D eigenvalue weighted by atomic mass is 10.0. The van der Waals surface area contributed by atoms with E-state index < -0.39 is 6.36 Å². The fraction of sp³-hybridized carbons (Fsp3) is 0.538. The largest absolute Gasteiger partial charge is 0.573 e. The lowest BCUT2D eigenvalue weighted by Gasteiger charge is -2.30. The molecule has 1 atom stereocenters. The zero-order valence-electron chi connectivity index (χ0n) is 11.2. The number of ether oxygens (including phenoxy) is 1. The summed E-state index contributed by atoms with van der Waals surface area (Å²) in [5.41, 5.74) is 6.60. The van der Waals surface area contributed by atoms with E-state index in [9.17, 15) is 13.2 Å². The van der Waals surface area contributed by atoms with Gasteiger partial charge in [-0.15, -0.1) is 13.2 Å². The second kappa shape index (κ2) is 6.25. The zero-order chi connectivity index (χ0) is 14.6. The van der Waals surface area contributed by atoms with Crippen molar-refractivity contribution in [1.82, 2.24) is 4.90 Å². The van der Waals surface area contributed by atoms with Gasteiger partial charge in [0.15, 0.2) is 0 Å². The Kier molecular flexibility index (Phi) is 5.20. The van der Waals surface area contributed by atoms with Crippen LogP contribution in [0.15, 0.2) is 24.3 Å². The first kappa shape index (κ1) is 15.8. The van der Waals surface area contributed by atoms with Crippen LogP contribution in [0, 0.1) is 0 Å². The maximum Gasteiger partial charge on any atom is 0.573 e. The molecule has 6 heteroatoms. The first-order chi connectivity index (χ1) is 8.74. The molecule has 0 spiro atoms. The van der Waals surface area contributed by atoms with Crippen molar-refractivity contribution in [1.29, 1.82) is 0 Å². The number of alkyl halides is 3. The predicted molar refractivity (Wildman–Crippen MR) is 67.8 cm³/mol. The average molecular weight is 276 g/mol. The summed E-state index contributed by atoms with van der Waals surface area (Å²) in [7, 11) is 1.93. The topological polar surface area (TPSA) is 38.5 Å². The van der Waals surface area contributed by atoms with E-state index in [2.05, 4.69) is 9.64 Å². The van der Waals surface area contributed by atoms with Crippen LogP contribution < -0.4 is 10.5 Å². The molecule has 1 rings (SSSR count). The van der Waals surface area contributed by atoms with Crippen molar-refractivity contribution in [2.45, 2.75) is 32.3 Å². The van der Waals surface area contributed by atoms with Gasteiger partial charge in [-0.3, -0.25) is 4.90 Å². The van der Waals surface area contributed by atoms with Crippen LogP contribution in [0.3, 0.4) is 0 Å². The molecule has 19 heavy (non-hydrogen) atoms. The number of nitrogens with zero attached hydrogens (tertiary/aromatic N) is 1. The van der Waals surface area contributed by atoms with Gasteiger partial charge in [-0.2, -0.15) is 0 Å². The van der Waals surface area contributed by atoms with Crippen LogP contribution in [0.4, 0.5) is 13.2 Å². The molecule has 0 fully saturated rings. The normalized spacial score (nSPS) is 13.9. The third kappa shape index (κ3) is 4.72. The maximum atomic E-state index is 12.1. The maximum absolute atomic E-state index is 12.1. The molecular weight excluding hydrogens is 257 g/mol. The highest BCUT2D eigenvalue weighted by Gasteiger charge is 2.31. The summed E-state index contributed by atoms with van der Waals surface area (Å²) in [6, 6.07) is 6.09. The van der Waals surface area contributed by atoms with Gasteiger partial charge in [0.2, 0.25) is 0 Å². The van der Waals surface area contributed by atoms with E-state index in [1.54, 1.807) is 12.1 Å². The van der Waals surface area contributed by atoms with Crippen molar-refractivity contribution in [3.8, 4) is 5.75 Å². The molecule has 0 aliphatic rings. The molecule has 0 aromatic heterocycles. The van der Waals surface area contributed by atoms with Crippen LogP contribution in [0.5, 0.6) is 5.75 Å². The molecule has 108 valence electrons. The van der Waals surface area contributed by atoms with Gasteiger partial charge in [0.05, 0.1) is 0 Å². The summed E-state index contributed by atoms with van der Waals surface area (Å²) in [5.74, 6) is -0.223. The van der Waals surface area contributed by atoms with Crippen LogP contribution >= 0.6 is 0 Å². The summed E-state index contributed by atoms with van der Waals surface area (Å²) >= 11 is 0. The molecule has 0 aliphatic carbocycles. The number of halogens is 3. The highest BCUT2D eigenvalue weighted by atomic mass is 19.4. The summed E-state index contributed by atoms with van der Waals surface area (Å²) in [6.07, 6.45) is -4.66. The highest BCUT2D eigenvalue weighted by Crippen LogP contribution is 2.26. The van der Waals surface area contributed by atoms with Gasteiger partial charge >= 0.3 is 6.36 Å². The number of nitrogens with two attached hydrogens (primary N) is 1. The Labute approximate surface area is 111 Å². The van der Waals surface area contributed by atoms with Crippen molar-refractivity contribution in [2.75, 3.05) is 13.6 Å². The molecule has 2 N–H and O–H groups in total. The molecule has 0 aliphatic heterocycles. The van der Waals surface area contributed by atoms with E-state index in [0.717, 1.165) is 5.56 Å². The second-order valence-corrected chi connectivity index (χ2v) is 4.63. The van der Waals surface area contributed by atoms with Gasteiger partial charge in [0.25, 0.3) is 0 Å². The van der Waals surface area contributed by atoms with Gasteiger partial charge in [-0.1, -0.05) is 12.1 Å². The molecule has 0 amide bonds. The quantitative estimate of drug-likeness (QED) is 0.898. The molecule has 0 radical (unpaired) electrons. The second-order valence-electron chi connectivity index (χ2n) is 4.63. The minimum absolute atomic E-state index is 0.0278. The Hall–Kier alpha value is -1.27. The standard InChI is InChI=1S/C13H19F3N2O/c1-9(2)18(3)12(8-17)10-4-6-11(7-5-10)19-13(14,15)16/h4-7,9,12H,8,17H2,1-3H3. The summed E-state index contributed by atoms with van der Waals surface area (Å²) < 4.78 is 40.0. The van der Waals surface area contributed by atoms with Crippen molar-refractivity contribution in [3.05, 3.63) is 29.8 Å². The molecule has 3 nitrogen and oxygen atoms in total. The minimum atomic E-state index is -4.66. The monoisotopic (exact) mass is 276 g/mol. The van der Waals surface area contributed by atoms with Crippen LogP contribution in [0.2, 0.25) is 0 Å². The molecule has 0 bridgehead atoms. The zero-order valence-corrected chi connectivity index (χ0v) is 11.2. The Morgan fingerprint density at radius 3 is 2.11 bits per heavy atom. The molecular formula is C13H19F3N2O. The van der Waals surface area contributed by atoms with Crippen LogP contribution in [0.1, 0.15) is 25.5 Å². The van der Waals surface area contributed by atoms with E-state index in [-0.39, 0.29) is 11.8 Å². The molecule has 0 saturated carbocycles. The summed E-state index contributed by atoms with van der Waals surface area (Å²) in [6.45, 7) is 4.46. The van der Waals surface area contributed by atoms with Crippen molar-refractivity contribution < 1.29 is 17.9 Å². The lowest BCUT2D eigenvalue weighted by molar-refractivity contribution is -0.274. The Morgan fingerprint density at radius 2 is 1.74 bits per heavy atom. The molecule has 1 unspecified atom stereocenters. The van der Waals surface area contributed by atoms with Crippen LogP contribution in [0.25, 0.3) is 0 Å². The van der Waals surface area contributed by atoms with Gasteiger partial charge in [-0.05, 0) is 38.6 Å². The van der Waals surface area contributed by atoms with E-state index in [1.165, 1.54) is 12.1 Å². The molecule has 1 aromatic carbocycles. The highest BCUT2D eigenvalue weighted by molar-refractivity contribution is 5.29. The first-order valence-electron chi connectivity index (χ1n) is 6.02. The van der Waals surface area contributed by atoms with Gasteiger partial charge < -0.3 is 10.5 Å². The fourth-order valence-corrected chi connectivity index (χ4v) is 1.79. The molecule has 0 heterocycles. The number of rotatable bonds is 5. The van der Waals surface area contributed by atoms with Crippen molar-refractivity contribution in [2.24, 2.45) is 5.73 Å². The number of benzene rings is 1. The Morgan fingerprint density at radius 1 is 1.21 bits per heavy atom. The van der Waals surface area contributed by atoms with Crippen molar-refractivity contribution in [3.63, 3.8) is 0 Å². The van der Waals surface area contributed by atoms with Gasteiger partial charge in [0, 0.05) is 18.6 Å². The van der Waals surface area contributed by atoms with Gasteiger partial charge in [-0.25, -0.2) is 0 Å². The van der Waals surface area contributed by atoms with E-state index in [1.807, 2.05) is 20.9 Å². The smallest absolute Gasteiger partial charge is 0.406 e. The van der Waals surface area contributed by atoms with Crippen LogP contribution in [-0.4, -0.2) is 30.9 Å². The average Bonchev–Trinajstić information content (AvgIpc) is 2.30. The first-order valence-corrected chi connectivity index (χ1v) is 6.02. The van der Waals surface area contributed by atoms with E-state index in [0.29, 0.717) is 12.6 Å². The fourth-order valence-electron chi connectivity index (χ4n) is 1.79. The lowest BCUT2D eigenvalue weighted by Crippen LogP contribution is -2.35. The summed E-state index contributed by atoms with van der Waals surface area (Å²) in [5, 5.41) is 0.